The maximum Gasteiger partial charge on any atom is 0.127 e. The zero-order chi connectivity index (χ0) is 14.8. The average molecular weight is 306 g/mol. The van der Waals surface area contributed by atoms with E-state index in [2.05, 4.69) is 9.80 Å². The van der Waals surface area contributed by atoms with Crippen LogP contribution in [0, 0.1) is 5.82 Å². The second kappa shape index (κ2) is 5.82. The van der Waals surface area contributed by atoms with Crippen LogP contribution in [-0.4, -0.2) is 26.2 Å². The summed E-state index contributed by atoms with van der Waals surface area (Å²) < 4.78 is 13.4. The van der Waals surface area contributed by atoms with Crippen molar-refractivity contribution in [3.63, 3.8) is 0 Å². The highest BCUT2D eigenvalue weighted by Crippen LogP contribution is 2.24. The van der Waals surface area contributed by atoms with Gasteiger partial charge >= 0.3 is 0 Å². The van der Waals surface area contributed by atoms with Crippen LogP contribution < -0.4 is 15.5 Å². The first-order valence-electron chi connectivity index (χ1n) is 6.93. The number of halogens is 2. The van der Waals surface area contributed by atoms with Gasteiger partial charge in [-0.3, -0.25) is 0 Å². The molecule has 0 amide bonds. The first-order valence-corrected chi connectivity index (χ1v) is 7.31. The van der Waals surface area contributed by atoms with Gasteiger partial charge in [0.2, 0.25) is 0 Å². The minimum Gasteiger partial charge on any atom is -0.399 e. The third kappa shape index (κ3) is 3.22. The molecule has 0 spiro atoms. The van der Waals surface area contributed by atoms with E-state index in [0.717, 1.165) is 42.6 Å². The lowest BCUT2D eigenvalue weighted by Gasteiger charge is -2.37. The van der Waals surface area contributed by atoms with E-state index in [1.165, 1.54) is 12.1 Å². The van der Waals surface area contributed by atoms with Crippen LogP contribution in [0.1, 0.15) is 0 Å². The topological polar surface area (TPSA) is 32.5 Å². The number of hydrogen-bond acceptors (Lipinski definition) is 3. The Labute approximate surface area is 128 Å². The van der Waals surface area contributed by atoms with E-state index >= 15 is 0 Å². The van der Waals surface area contributed by atoms with E-state index < -0.39 is 0 Å². The van der Waals surface area contributed by atoms with Crippen molar-refractivity contribution in [3.8, 4) is 0 Å². The molecule has 0 saturated carbocycles. The van der Waals surface area contributed by atoms with Crippen LogP contribution in [-0.2, 0) is 0 Å². The van der Waals surface area contributed by atoms with E-state index in [-0.39, 0.29) is 5.82 Å². The normalized spacial score (nSPS) is 15.3. The standard InChI is InChI=1S/C16H17ClFN3/c17-12-1-3-15(4-2-12)20-5-7-21(8-6-20)16-10-13(18)9-14(19)11-16/h1-4,9-11H,5-8,19H2. The number of nitrogen functional groups attached to an aromatic ring is 1. The highest BCUT2D eigenvalue weighted by Gasteiger charge is 2.18. The van der Waals surface area contributed by atoms with E-state index in [9.17, 15) is 4.39 Å². The highest BCUT2D eigenvalue weighted by atomic mass is 35.5. The van der Waals surface area contributed by atoms with Gasteiger partial charge in [-0.1, -0.05) is 11.6 Å². The smallest absolute Gasteiger partial charge is 0.127 e. The van der Waals surface area contributed by atoms with Gasteiger partial charge < -0.3 is 15.5 Å². The molecule has 0 bridgehead atoms. The number of piperazine rings is 1. The minimum absolute atomic E-state index is 0.287. The Morgan fingerprint density at radius 2 is 1.43 bits per heavy atom. The zero-order valence-electron chi connectivity index (χ0n) is 11.6. The summed E-state index contributed by atoms with van der Waals surface area (Å²) in [6, 6.07) is 12.5. The van der Waals surface area contributed by atoms with Gasteiger partial charge in [0.05, 0.1) is 0 Å². The molecule has 0 aliphatic carbocycles. The molecule has 21 heavy (non-hydrogen) atoms. The Morgan fingerprint density at radius 1 is 0.857 bits per heavy atom. The Balaban J connectivity index is 1.68. The molecular formula is C16H17ClFN3. The fraction of sp³-hybridized carbons (Fsp3) is 0.250. The minimum atomic E-state index is -0.287. The number of nitrogens with zero attached hydrogens (tertiary/aromatic N) is 2. The quantitative estimate of drug-likeness (QED) is 0.863. The van der Waals surface area contributed by atoms with Crippen LogP contribution in [0.5, 0.6) is 0 Å². The lowest BCUT2D eigenvalue weighted by atomic mass is 10.2. The summed E-state index contributed by atoms with van der Waals surface area (Å²) in [4.78, 5) is 4.46. The van der Waals surface area contributed by atoms with Crippen molar-refractivity contribution in [3.05, 3.63) is 53.3 Å². The van der Waals surface area contributed by atoms with Gasteiger partial charge in [0.1, 0.15) is 5.82 Å². The Kier molecular flexibility index (Phi) is 3.88. The van der Waals surface area contributed by atoms with Crippen LogP contribution in [0.4, 0.5) is 21.5 Å². The summed E-state index contributed by atoms with van der Waals surface area (Å²) in [6.45, 7) is 3.45. The summed E-state index contributed by atoms with van der Waals surface area (Å²) in [6.07, 6.45) is 0. The summed E-state index contributed by atoms with van der Waals surface area (Å²) >= 11 is 5.91. The summed E-state index contributed by atoms with van der Waals surface area (Å²) in [7, 11) is 0. The SMILES string of the molecule is Nc1cc(F)cc(N2CCN(c3ccc(Cl)cc3)CC2)c1. The van der Waals surface area contributed by atoms with Crippen molar-refractivity contribution in [2.45, 2.75) is 0 Å². The molecule has 1 aliphatic heterocycles. The van der Waals surface area contributed by atoms with Crippen LogP contribution in [0.15, 0.2) is 42.5 Å². The summed E-state index contributed by atoms with van der Waals surface area (Å²) in [5.41, 5.74) is 8.19. The van der Waals surface area contributed by atoms with E-state index in [4.69, 9.17) is 17.3 Å². The van der Waals surface area contributed by atoms with E-state index in [0.29, 0.717) is 5.69 Å². The van der Waals surface area contributed by atoms with Crippen molar-refractivity contribution >= 4 is 28.7 Å². The molecule has 2 aromatic rings. The molecule has 0 unspecified atom stereocenters. The van der Waals surface area contributed by atoms with Crippen molar-refractivity contribution < 1.29 is 4.39 Å². The van der Waals surface area contributed by atoms with E-state index in [1.807, 2.05) is 30.3 Å². The monoisotopic (exact) mass is 305 g/mol. The number of nitrogens with two attached hydrogens (primary N) is 1. The number of hydrogen-bond donors (Lipinski definition) is 1. The fourth-order valence-electron chi connectivity index (χ4n) is 2.65. The summed E-state index contributed by atoms with van der Waals surface area (Å²) in [5, 5.41) is 0.743. The predicted molar refractivity (Wildman–Crippen MR) is 86.7 cm³/mol. The lowest BCUT2D eigenvalue weighted by molar-refractivity contribution is 0.621. The van der Waals surface area contributed by atoms with Gasteiger partial charge in [-0.2, -0.15) is 0 Å². The number of benzene rings is 2. The number of anilines is 3. The van der Waals surface area contributed by atoms with Gasteiger partial charge in [-0.25, -0.2) is 4.39 Å². The van der Waals surface area contributed by atoms with Gasteiger partial charge in [0.15, 0.2) is 0 Å². The molecule has 2 N–H and O–H groups in total. The maximum absolute atomic E-state index is 13.4. The average Bonchev–Trinajstić information content (AvgIpc) is 2.47. The molecule has 2 aromatic carbocycles. The first kappa shape index (κ1) is 14.0. The highest BCUT2D eigenvalue weighted by molar-refractivity contribution is 6.30. The molecule has 3 rings (SSSR count). The molecule has 0 aromatic heterocycles. The van der Waals surface area contributed by atoms with Gasteiger partial charge in [-0.05, 0) is 42.5 Å². The molecule has 1 saturated heterocycles. The van der Waals surface area contributed by atoms with Crippen molar-refractivity contribution in [2.24, 2.45) is 0 Å². The van der Waals surface area contributed by atoms with Crippen LogP contribution >= 0.6 is 11.6 Å². The van der Waals surface area contributed by atoms with Gasteiger partial charge in [-0.15, -0.1) is 0 Å². The predicted octanol–water partition coefficient (Wildman–Crippen LogP) is 3.39. The van der Waals surface area contributed by atoms with Crippen LogP contribution in [0.2, 0.25) is 5.02 Å². The summed E-state index contributed by atoms with van der Waals surface area (Å²) in [5.74, 6) is -0.287. The fourth-order valence-corrected chi connectivity index (χ4v) is 2.78. The second-order valence-corrected chi connectivity index (χ2v) is 5.63. The zero-order valence-corrected chi connectivity index (χ0v) is 12.4. The molecule has 3 nitrogen and oxygen atoms in total. The van der Waals surface area contributed by atoms with Crippen LogP contribution in [0.25, 0.3) is 0 Å². The van der Waals surface area contributed by atoms with Crippen molar-refractivity contribution in [2.75, 3.05) is 41.7 Å². The molecule has 0 radical (unpaired) electrons. The molecule has 5 heteroatoms. The van der Waals surface area contributed by atoms with Crippen molar-refractivity contribution in [1.29, 1.82) is 0 Å². The largest absolute Gasteiger partial charge is 0.399 e. The second-order valence-electron chi connectivity index (χ2n) is 5.19. The first-order chi connectivity index (χ1) is 10.1. The molecule has 1 fully saturated rings. The molecule has 110 valence electrons. The Morgan fingerprint density at radius 3 is 2.00 bits per heavy atom. The molecule has 1 aliphatic rings. The molecule has 1 heterocycles. The van der Waals surface area contributed by atoms with Gasteiger partial charge in [0.25, 0.3) is 0 Å². The van der Waals surface area contributed by atoms with Crippen LogP contribution in [0.3, 0.4) is 0 Å². The molecular weight excluding hydrogens is 289 g/mol. The van der Waals surface area contributed by atoms with Gasteiger partial charge in [0, 0.05) is 48.3 Å². The number of rotatable bonds is 2. The third-order valence-electron chi connectivity index (χ3n) is 3.74. The molecule has 0 atom stereocenters. The Bertz CT molecular complexity index is 602. The Hall–Kier alpha value is -1.94. The third-order valence-corrected chi connectivity index (χ3v) is 3.99. The lowest BCUT2D eigenvalue weighted by Crippen LogP contribution is -2.46. The van der Waals surface area contributed by atoms with Crippen molar-refractivity contribution in [1.82, 2.24) is 0 Å². The maximum atomic E-state index is 13.4. The van der Waals surface area contributed by atoms with E-state index in [1.54, 1.807) is 0 Å².